The fraction of sp³-hybridized carbons (Fsp3) is 0.579. The fourth-order valence-corrected chi connectivity index (χ4v) is 4.48. The highest BCUT2D eigenvalue weighted by Gasteiger charge is 2.35. The van der Waals surface area contributed by atoms with Crippen LogP contribution in [0.25, 0.3) is 0 Å². The summed E-state index contributed by atoms with van der Waals surface area (Å²) in [7, 11) is -3.95. The number of rotatable bonds is 7. The molecule has 0 spiro atoms. The van der Waals surface area contributed by atoms with E-state index in [2.05, 4.69) is 10.6 Å². The van der Waals surface area contributed by atoms with Gasteiger partial charge >= 0.3 is 11.8 Å². The SMILES string of the molecule is Cc1cc(S(=O)(=O)N2CCCOC2CNC(=O)C(=O)NCCC(C)C)ccc1F. The third-order valence-electron chi connectivity index (χ3n) is 4.54. The van der Waals surface area contributed by atoms with Crippen molar-refractivity contribution in [2.24, 2.45) is 5.92 Å². The number of hydrogen-bond donors (Lipinski definition) is 2. The van der Waals surface area contributed by atoms with Crippen molar-refractivity contribution in [2.45, 2.75) is 44.7 Å². The minimum Gasteiger partial charge on any atom is -0.360 e. The Balaban J connectivity index is 2.02. The van der Waals surface area contributed by atoms with Gasteiger partial charge in [-0.15, -0.1) is 0 Å². The number of nitrogens with one attached hydrogen (secondary N) is 2. The second-order valence-corrected chi connectivity index (χ2v) is 9.24. The van der Waals surface area contributed by atoms with Crippen LogP contribution in [0.2, 0.25) is 0 Å². The standard InChI is InChI=1S/C19H28FN3O5S/c1-13(2)7-8-21-18(24)19(25)22-12-17-23(9-4-10-28-17)29(26,27)15-5-6-16(20)14(3)11-15/h5-6,11,13,17H,4,7-10,12H2,1-3H3,(H,21,24)(H,22,25). The molecule has 0 aromatic heterocycles. The molecule has 1 fully saturated rings. The summed E-state index contributed by atoms with van der Waals surface area (Å²) in [6, 6.07) is 3.56. The van der Waals surface area contributed by atoms with Gasteiger partial charge in [0.2, 0.25) is 10.0 Å². The van der Waals surface area contributed by atoms with Gasteiger partial charge in [0.1, 0.15) is 12.0 Å². The lowest BCUT2D eigenvalue weighted by atomic mass is 10.1. The number of nitrogens with zero attached hydrogens (tertiary/aromatic N) is 1. The Morgan fingerprint density at radius 1 is 1.28 bits per heavy atom. The van der Waals surface area contributed by atoms with E-state index in [9.17, 15) is 22.4 Å². The zero-order chi connectivity index (χ0) is 21.6. The molecule has 1 saturated heterocycles. The lowest BCUT2D eigenvalue weighted by Gasteiger charge is -2.34. The summed E-state index contributed by atoms with van der Waals surface area (Å²) in [6.07, 6.45) is 0.277. The summed E-state index contributed by atoms with van der Waals surface area (Å²) in [4.78, 5) is 23.8. The quantitative estimate of drug-likeness (QED) is 0.633. The number of benzene rings is 1. The average Bonchev–Trinajstić information content (AvgIpc) is 2.67. The van der Waals surface area contributed by atoms with Gasteiger partial charge in [-0.3, -0.25) is 9.59 Å². The third-order valence-corrected chi connectivity index (χ3v) is 6.43. The van der Waals surface area contributed by atoms with Crippen molar-refractivity contribution in [3.05, 3.63) is 29.6 Å². The van der Waals surface area contributed by atoms with Gasteiger partial charge < -0.3 is 15.4 Å². The average molecular weight is 430 g/mol. The molecule has 1 heterocycles. The predicted octanol–water partition coefficient (Wildman–Crippen LogP) is 1.15. The monoisotopic (exact) mass is 429 g/mol. The lowest BCUT2D eigenvalue weighted by molar-refractivity contribution is -0.140. The second-order valence-electron chi connectivity index (χ2n) is 7.35. The molecular weight excluding hydrogens is 401 g/mol. The van der Waals surface area contributed by atoms with Crippen LogP contribution in [0.15, 0.2) is 23.1 Å². The van der Waals surface area contributed by atoms with Gasteiger partial charge in [0.25, 0.3) is 0 Å². The van der Waals surface area contributed by atoms with Crippen LogP contribution in [0.4, 0.5) is 4.39 Å². The van der Waals surface area contributed by atoms with Crippen LogP contribution in [0.3, 0.4) is 0 Å². The molecule has 2 N–H and O–H groups in total. The Kier molecular flexibility index (Phi) is 8.12. The maximum atomic E-state index is 13.5. The smallest absolute Gasteiger partial charge is 0.309 e. The number of amides is 2. The van der Waals surface area contributed by atoms with E-state index in [1.54, 1.807) is 0 Å². The summed E-state index contributed by atoms with van der Waals surface area (Å²) in [6.45, 7) is 6.23. The molecule has 1 aliphatic heterocycles. The summed E-state index contributed by atoms with van der Waals surface area (Å²) in [5, 5.41) is 4.94. The first-order chi connectivity index (χ1) is 13.6. The highest BCUT2D eigenvalue weighted by atomic mass is 32.2. The number of sulfonamides is 1. The molecule has 2 rings (SSSR count). The van der Waals surface area contributed by atoms with Crippen LogP contribution in [-0.2, 0) is 24.3 Å². The van der Waals surface area contributed by atoms with Gasteiger partial charge in [0, 0.05) is 13.1 Å². The summed E-state index contributed by atoms with van der Waals surface area (Å²) in [5.74, 6) is -1.73. The first kappa shape index (κ1) is 23.2. The summed E-state index contributed by atoms with van der Waals surface area (Å²) < 4.78 is 46.1. The highest BCUT2D eigenvalue weighted by molar-refractivity contribution is 7.89. The second kappa shape index (κ2) is 10.1. The maximum Gasteiger partial charge on any atom is 0.309 e. The van der Waals surface area contributed by atoms with Crippen LogP contribution in [-0.4, -0.2) is 57.0 Å². The Labute approximate surface area is 170 Å². The van der Waals surface area contributed by atoms with Crippen LogP contribution in [0, 0.1) is 18.7 Å². The van der Waals surface area contributed by atoms with Gasteiger partial charge in [0.05, 0.1) is 18.0 Å². The van der Waals surface area contributed by atoms with Crippen LogP contribution < -0.4 is 10.6 Å². The molecule has 162 valence electrons. The topological polar surface area (TPSA) is 105 Å². The number of hydrogen-bond acceptors (Lipinski definition) is 5. The zero-order valence-corrected chi connectivity index (χ0v) is 17.7. The highest BCUT2D eigenvalue weighted by Crippen LogP contribution is 2.23. The molecular formula is C19H28FN3O5S. The molecule has 0 saturated carbocycles. The molecule has 0 radical (unpaired) electrons. The number of ether oxygens (including phenoxy) is 1. The van der Waals surface area contributed by atoms with E-state index in [0.717, 1.165) is 16.8 Å². The van der Waals surface area contributed by atoms with Crippen molar-refractivity contribution in [3.8, 4) is 0 Å². The number of carbonyl (C=O) groups excluding carboxylic acids is 2. The normalized spacial score (nSPS) is 17.9. The minimum atomic E-state index is -3.95. The van der Waals surface area contributed by atoms with Gasteiger partial charge in [-0.05, 0) is 49.4 Å². The first-order valence-corrected chi connectivity index (χ1v) is 11.0. The molecule has 0 aliphatic carbocycles. The molecule has 1 atom stereocenters. The van der Waals surface area contributed by atoms with E-state index < -0.39 is 33.9 Å². The first-order valence-electron chi connectivity index (χ1n) is 9.58. The van der Waals surface area contributed by atoms with Crippen molar-refractivity contribution < 1.29 is 27.1 Å². The van der Waals surface area contributed by atoms with E-state index in [1.807, 2.05) is 13.8 Å². The Morgan fingerprint density at radius 3 is 2.62 bits per heavy atom. The van der Waals surface area contributed by atoms with Crippen LogP contribution in [0.1, 0.15) is 32.3 Å². The van der Waals surface area contributed by atoms with Crippen molar-refractivity contribution in [2.75, 3.05) is 26.2 Å². The van der Waals surface area contributed by atoms with Crippen molar-refractivity contribution in [1.82, 2.24) is 14.9 Å². The van der Waals surface area contributed by atoms with Gasteiger partial charge in [-0.1, -0.05) is 13.8 Å². The molecule has 1 aromatic carbocycles. The lowest BCUT2D eigenvalue weighted by Crippen LogP contribution is -2.53. The minimum absolute atomic E-state index is 0.0512. The molecule has 10 heteroatoms. The molecule has 0 bridgehead atoms. The Hall–Kier alpha value is -2.04. The molecule has 8 nitrogen and oxygen atoms in total. The van der Waals surface area contributed by atoms with Gasteiger partial charge in [-0.2, -0.15) is 4.31 Å². The van der Waals surface area contributed by atoms with Crippen molar-refractivity contribution in [3.63, 3.8) is 0 Å². The van der Waals surface area contributed by atoms with E-state index in [1.165, 1.54) is 19.1 Å². The van der Waals surface area contributed by atoms with E-state index >= 15 is 0 Å². The third kappa shape index (κ3) is 6.22. The van der Waals surface area contributed by atoms with Crippen molar-refractivity contribution >= 4 is 21.8 Å². The molecule has 1 aromatic rings. The maximum absolute atomic E-state index is 13.5. The molecule has 29 heavy (non-hydrogen) atoms. The zero-order valence-electron chi connectivity index (χ0n) is 16.9. The van der Waals surface area contributed by atoms with Gasteiger partial charge in [-0.25, -0.2) is 12.8 Å². The molecule has 1 unspecified atom stereocenters. The Morgan fingerprint density at radius 2 is 1.97 bits per heavy atom. The van der Waals surface area contributed by atoms with E-state index in [0.29, 0.717) is 25.5 Å². The molecule has 1 aliphatic rings. The Bertz CT molecular complexity index is 844. The summed E-state index contributed by atoms with van der Waals surface area (Å²) in [5.41, 5.74) is 0.215. The van der Waals surface area contributed by atoms with Gasteiger partial charge in [0.15, 0.2) is 0 Å². The van der Waals surface area contributed by atoms with E-state index in [-0.39, 0.29) is 23.5 Å². The molecule has 2 amide bonds. The van der Waals surface area contributed by atoms with Crippen LogP contribution in [0.5, 0.6) is 0 Å². The largest absolute Gasteiger partial charge is 0.360 e. The van der Waals surface area contributed by atoms with Crippen LogP contribution >= 0.6 is 0 Å². The number of aryl methyl sites for hydroxylation is 1. The van der Waals surface area contributed by atoms with E-state index in [4.69, 9.17) is 4.74 Å². The number of halogens is 1. The number of carbonyl (C=O) groups is 2. The fourth-order valence-electron chi connectivity index (χ4n) is 2.83. The predicted molar refractivity (Wildman–Crippen MR) is 105 cm³/mol. The summed E-state index contributed by atoms with van der Waals surface area (Å²) >= 11 is 0. The van der Waals surface area contributed by atoms with Crippen molar-refractivity contribution in [1.29, 1.82) is 0 Å².